The zero-order valence-corrected chi connectivity index (χ0v) is 21.3. The van der Waals surface area contributed by atoms with E-state index in [-0.39, 0.29) is 6.61 Å². The number of Topliss-reactive ketones (excluding diaryl/α,β-unsaturated/α-hetero) is 1. The molecule has 12 nitrogen and oxygen atoms in total. The molecule has 5 rings (SSSR count). The van der Waals surface area contributed by atoms with Gasteiger partial charge in [0, 0.05) is 18.5 Å². The van der Waals surface area contributed by atoms with Gasteiger partial charge in [0.15, 0.2) is 5.78 Å². The van der Waals surface area contributed by atoms with Crippen molar-refractivity contribution in [3.8, 4) is 0 Å². The molecule has 2 aromatic rings. The third-order valence-electron chi connectivity index (χ3n) is 7.88. The number of fused-ring (bicyclic) bond motifs is 1. The first-order valence-corrected chi connectivity index (χ1v) is 14.2. The van der Waals surface area contributed by atoms with Crippen LogP contribution in [-0.4, -0.2) is 97.7 Å². The Morgan fingerprint density at radius 3 is 2.59 bits per heavy atom. The van der Waals surface area contributed by atoms with Gasteiger partial charge in [0.2, 0.25) is 0 Å². The normalized spacial score (nSPS) is 32.4. The van der Waals surface area contributed by atoms with Crippen LogP contribution in [0.5, 0.6) is 0 Å². The van der Waals surface area contributed by atoms with E-state index in [2.05, 4.69) is 14.9 Å². The van der Waals surface area contributed by atoms with E-state index < -0.39 is 62.1 Å². The molecule has 2 unspecified atom stereocenters. The summed E-state index contributed by atoms with van der Waals surface area (Å²) in [6, 6.07) is 5.88. The Kier molecular flexibility index (Phi) is 7.14. The lowest BCUT2D eigenvalue weighted by Crippen LogP contribution is -2.34. The summed E-state index contributed by atoms with van der Waals surface area (Å²) in [5.41, 5.74) is -0.392. The van der Waals surface area contributed by atoms with E-state index in [1.165, 1.54) is 19.2 Å². The highest BCUT2D eigenvalue weighted by molar-refractivity contribution is 7.51. The van der Waals surface area contributed by atoms with Crippen LogP contribution in [0.4, 0.5) is 5.82 Å². The number of carbonyl (C=O) groups excluding carboxylic acids is 1. The fraction of sp³-hybridized carbons (Fsp3) is 0.625. The maximum atomic E-state index is 12.2. The average Bonchev–Trinajstić information content (AvgIpc) is 3.23. The summed E-state index contributed by atoms with van der Waals surface area (Å²) in [4.78, 5) is 41.7. The lowest BCUT2D eigenvalue weighted by atomic mass is 10.00. The molecule has 1 aliphatic heterocycles. The predicted octanol–water partition coefficient (Wildman–Crippen LogP) is 0.295. The van der Waals surface area contributed by atoms with Crippen molar-refractivity contribution in [1.29, 1.82) is 0 Å². The van der Waals surface area contributed by atoms with Gasteiger partial charge in [-0.3, -0.25) is 9.36 Å². The zero-order valence-electron chi connectivity index (χ0n) is 20.4. The van der Waals surface area contributed by atoms with Crippen molar-refractivity contribution in [3.05, 3.63) is 30.1 Å². The van der Waals surface area contributed by atoms with Gasteiger partial charge in [-0.2, -0.15) is 0 Å². The number of nitrogens with zero attached hydrogens (tertiary/aromatic N) is 3. The molecule has 1 aromatic heterocycles. The molecule has 2 saturated carbocycles. The minimum atomic E-state index is -4.57. The van der Waals surface area contributed by atoms with E-state index in [0.29, 0.717) is 17.1 Å². The summed E-state index contributed by atoms with van der Waals surface area (Å²) < 4.78 is 22.8. The van der Waals surface area contributed by atoms with E-state index in [1.807, 2.05) is 13.1 Å². The van der Waals surface area contributed by atoms with Crippen LogP contribution in [0.15, 0.2) is 24.5 Å². The second-order valence-electron chi connectivity index (χ2n) is 10.3. The van der Waals surface area contributed by atoms with E-state index in [9.17, 15) is 34.5 Å². The Morgan fingerprint density at radius 2 is 1.92 bits per heavy atom. The first-order chi connectivity index (χ1) is 17.6. The highest BCUT2D eigenvalue weighted by Crippen LogP contribution is 2.54. The molecule has 3 aliphatic rings. The molecule has 0 amide bonds. The molecule has 1 saturated heterocycles. The van der Waals surface area contributed by atoms with Crippen molar-refractivity contribution in [2.24, 2.45) is 5.41 Å². The minimum Gasteiger partial charge on any atom is -0.395 e. The number of hydrogen-bond donors (Lipinski definition) is 5. The maximum Gasteiger partial charge on any atom is 0.326 e. The largest absolute Gasteiger partial charge is 0.395 e. The van der Waals surface area contributed by atoms with E-state index in [1.54, 1.807) is 12.1 Å². The maximum absolute atomic E-state index is 12.2. The van der Waals surface area contributed by atoms with Crippen LogP contribution in [0, 0.1) is 5.41 Å². The predicted molar refractivity (Wildman–Crippen MR) is 131 cm³/mol. The standard InChI is InChI=1S/C24H32N3O9P/c1-27(14-4-2-3-5-14)23-15-7-6-13(8-16(15)25-12-26-23)20-19(30)18(29)17(36-20)9-35-22-21(31)24(22,10-28)11-37(32,33)34/h6-8,12,14,17-20,22,28-30H,2-5,9-11H2,1H3,(H2,32,33,34)/t17-,18-,19-,20+,22?,24?/m1/s1. The molecule has 0 radical (unpaired) electrons. The van der Waals surface area contributed by atoms with Crippen LogP contribution < -0.4 is 4.90 Å². The molecular formula is C24H32N3O9P. The fourth-order valence-electron chi connectivity index (χ4n) is 5.67. The number of aromatic nitrogens is 2. The molecule has 202 valence electrons. The van der Waals surface area contributed by atoms with Gasteiger partial charge in [0.05, 0.1) is 30.3 Å². The Hall–Kier alpha value is -2.02. The van der Waals surface area contributed by atoms with Crippen molar-refractivity contribution in [1.82, 2.24) is 9.97 Å². The molecule has 1 aromatic carbocycles. The Morgan fingerprint density at radius 1 is 1.19 bits per heavy atom. The van der Waals surface area contributed by atoms with Crippen LogP contribution in [-0.2, 0) is 18.8 Å². The van der Waals surface area contributed by atoms with Gasteiger partial charge in [0.25, 0.3) is 0 Å². The summed E-state index contributed by atoms with van der Waals surface area (Å²) in [7, 11) is -2.53. The van der Waals surface area contributed by atoms with Gasteiger partial charge in [-0.1, -0.05) is 18.9 Å². The Bertz CT molecular complexity index is 1220. The number of carbonyl (C=O) groups is 1. The lowest BCUT2D eigenvalue weighted by molar-refractivity contribution is -0.116. The minimum absolute atomic E-state index is 0.305. The van der Waals surface area contributed by atoms with Crippen LogP contribution in [0.25, 0.3) is 10.9 Å². The van der Waals surface area contributed by atoms with Crippen LogP contribution in [0.2, 0.25) is 0 Å². The molecule has 6 atom stereocenters. The zero-order chi connectivity index (χ0) is 26.5. The van der Waals surface area contributed by atoms with Crippen LogP contribution in [0.1, 0.15) is 37.4 Å². The average molecular weight is 538 g/mol. The third kappa shape index (κ3) is 4.93. The van der Waals surface area contributed by atoms with Gasteiger partial charge < -0.3 is 39.5 Å². The molecule has 2 aliphatic carbocycles. The first-order valence-electron chi connectivity index (χ1n) is 12.4. The lowest BCUT2D eigenvalue weighted by Gasteiger charge is -2.26. The molecule has 3 fully saturated rings. The summed E-state index contributed by atoms with van der Waals surface area (Å²) in [5.74, 6) is 0.218. The van der Waals surface area contributed by atoms with Crippen molar-refractivity contribution in [2.45, 2.75) is 62.2 Å². The van der Waals surface area contributed by atoms with Crippen molar-refractivity contribution in [3.63, 3.8) is 0 Å². The van der Waals surface area contributed by atoms with Gasteiger partial charge >= 0.3 is 7.60 Å². The summed E-state index contributed by atoms with van der Waals surface area (Å²) in [6.07, 6.45) is -0.379. The number of hydrogen-bond acceptors (Lipinski definition) is 10. The van der Waals surface area contributed by atoms with E-state index in [0.717, 1.165) is 24.0 Å². The summed E-state index contributed by atoms with van der Waals surface area (Å²) in [5, 5.41) is 31.7. The summed E-state index contributed by atoms with van der Waals surface area (Å²) in [6.45, 7) is -1.07. The highest BCUT2D eigenvalue weighted by Gasteiger charge is 2.68. The molecule has 5 N–H and O–H groups in total. The molecular weight excluding hydrogens is 505 g/mol. The van der Waals surface area contributed by atoms with Crippen molar-refractivity contribution >= 4 is 30.1 Å². The highest BCUT2D eigenvalue weighted by atomic mass is 31.2. The second kappa shape index (κ2) is 9.94. The van der Waals surface area contributed by atoms with E-state index >= 15 is 0 Å². The monoisotopic (exact) mass is 537 g/mol. The molecule has 0 spiro atoms. The molecule has 0 bridgehead atoms. The smallest absolute Gasteiger partial charge is 0.326 e. The number of ether oxygens (including phenoxy) is 2. The van der Waals surface area contributed by atoms with Gasteiger partial charge in [-0.25, -0.2) is 9.97 Å². The Balaban J connectivity index is 1.29. The topological polar surface area (TPSA) is 183 Å². The molecule has 13 heteroatoms. The number of aliphatic hydroxyl groups excluding tert-OH is 3. The quantitative estimate of drug-likeness (QED) is 0.276. The van der Waals surface area contributed by atoms with Crippen LogP contribution >= 0.6 is 7.60 Å². The van der Waals surface area contributed by atoms with Gasteiger partial charge in [-0.15, -0.1) is 0 Å². The van der Waals surface area contributed by atoms with Crippen molar-refractivity contribution < 1.29 is 43.9 Å². The second-order valence-corrected chi connectivity index (χ2v) is 12.0. The van der Waals surface area contributed by atoms with E-state index in [4.69, 9.17) is 9.47 Å². The molecule has 37 heavy (non-hydrogen) atoms. The fourth-order valence-corrected chi connectivity index (χ4v) is 6.82. The Labute approximate surface area is 213 Å². The van der Waals surface area contributed by atoms with Gasteiger partial charge in [0.1, 0.15) is 42.7 Å². The third-order valence-corrected chi connectivity index (χ3v) is 8.86. The summed E-state index contributed by atoms with van der Waals surface area (Å²) >= 11 is 0. The number of benzene rings is 1. The van der Waals surface area contributed by atoms with Crippen LogP contribution in [0.3, 0.4) is 0 Å². The van der Waals surface area contributed by atoms with Gasteiger partial charge in [-0.05, 0) is 30.5 Å². The number of aliphatic hydroxyl groups is 3. The number of anilines is 1. The first kappa shape index (κ1) is 26.6. The van der Waals surface area contributed by atoms with Crippen molar-refractivity contribution in [2.75, 3.05) is 31.3 Å². The SMILES string of the molecule is CN(c1ncnc2cc([C@@H]3O[C@H](COC4C(=O)C4(CO)CP(=O)(O)O)[C@@H](O)[C@H]3O)ccc12)C1CCCC1. The number of rotatable bonds is 9. The molecule has 2 heterocycles. The number of ketones is 1.